The monoisotopic (exact) mass is 145 g/mol. The lowest BCUT2D eigenvalue weighted by molar-refractivity contribution is -0.424. The van der Waals surface area contributed by atoms with Crippen LogP contribution in [0.3, 0.4) is 0 Å². The van der Waals surface area contributed by atoms with Crippen LogP contribution in [0, 0.1) is 10.1 Å². The van der Waals surface area contributed by atoms with Gasteiger partial charge < -0.3 is 0 Å². The van der Waals surface area contributed by atoms with Gasteiger partial charge in [0.25, 0.3) is 0 Å². The van der Waals surface area contributed by atoms with E-state index in [1.165, 1.54) is 13.8 Å². The van der Waals surface area contributed by atoms with E-state index in [1.807, 2.05) is 0 Å². The average molecular weight is 145 g/mol. The van der Waals surface area contributed by atoms with Crippen LogP contribution in [0.25, 0.3) is 0 Å². The summed E-state index contributed by atoms with van der Waals surface area (Å²) in [5, 5.41) is 9.90. The van der Waals surface area contributed by atoms with Crippen molar-refractivity contribution in [1.29, 1.82) is 0 Å². The van der Waals surface area contributed by atoms with Gasteiger partial charge in [0.1, 0.15) is 0 Å². The first-order chi connectivity index (χ1) is 4.54. The largest absolute Gasteiger partial charge is 0.259 e. The highest BCUT2D eigenvalue weighted by Crippen LogP contribution is 1.97. The molecule has 0 aromatic heterocycles. The van der Waals surface area contributed by atoms with Crippen LogP contribution in [0.1, 0.15) is 13.8 Å². The highest BCUT2D eigenvalue weighted by molar-refractivity contribution is 5.07. The smallest absolute Gasteiger partial charge is 0.243 e. The molecule has 4 heteroatoms. The molecular weight excluding hydrogens is 137 g/mol. The van der Waals surface area contributed by atoms with Crippen molar-refractivity contribution < 1.29 is 9.31 Å². The van der Waals surface area contributed by atoms with Gasteiger partial charge in [0.05, 0.1) is 10.8 Å². The summed E-state index contributed by atoms with van der Waals surface area (Å²) in [7, 11) is 0. The van der Waals surface area contributed by atoms with Crippen molar-refractivity contribution in [2.75, 3.05) is 0 Å². The van der Waals surface area contributed by atoms with Gasteiger partial charge in [0.2, 0.25) is 5.70 Å². The van der Waals surface area contributed by atoms with Gasteiger partial charge in [-0.2, -0.15) is 0 Å². The molecule has 0 aliphatic heterocycles. The van der Waals surface area contributed by atoms with Crippen LogP contribution < -0.4 is 0 Å². The van der Waals surface area contributed by atoms with Crippen molar-refractivity contribution in [2.24, 2.45) is 0 Å². The number of hydrogen-bond acceptors (Lipinski definition) is 2. The standard InChI is InChI=1S/C6H8FNO2/c1-5(7)3-4-6(2)8(9)10/h3-4H,1-2H3/b5-3+,6-4+. The first-order valence-electron chi connectivity index (χ1n) is 2.69. The van der Waals surface area contributed by atoms with Crippen molar-refractivity contribution in [3.05, 3.63) is 33.8 Å². The first kappa shape index (κ1) is 8.81. The molecule has 0 fully saturated rings. The van der Waals surface area contributed by atoms with E-state index in [9.17, 15) is 14.5 Å². The molecule has 0 amide bonds. The quantitative estimate of drug-likeness (QED) is 0.339. The molecule has 56 valence electrons. The fraction of sp³-hybridized carbons (Fsp3) is 0.333. The second-order valence-electron chi connectivity index (χ2n) is 1.82. The number of rotatable bonds is 2. The van der Waals surface area contributed by atoms with Gasteiger partial charge in [-0.05, 0) is 13.0 Å². The molecule has 0 N–H and O–H groups in total. The lowest BCUT2D eigenvalue weighted by Crippen LogP contribution is -1.91. The van der Waals surface area contributed by atoms with E-state index in [0.29, 0.717) is 0 Å². The van der Waals surface area contributed by atoms with Crippen LogP contribution in [-0.4, -0.2) is 4.92 Å². The Morgan fingerprint density at radius 1 is 1.50 bits per heavy atom. The Morgan fingerprint density at radius 3 is 2.30 bits per heavy atom. The van der Waals surface area contributed by atoms with Gasteiger partial charge in [-0.1, -0.05) is 0 Å². The Bertz CT molecular complexity index is 192. The normalized spacial score (nSPS) is 13.5. The zero-order chi connectivity index (χ0) is 8.15. The Hall–Kier alpha value is -1.19. The molecule has 0 atom stereocenters. The third-order valence-electron chi connectivity index (χ3n) is 0.842. The zero-order valence-corrected chi connectivity index (χ0v) is 5.80. The maximum absolute atomic E-state index is 11.9. The summed E-state index contributed by atoms with van der Waals surface area (Å²) in [6, 6.07) is 0. The van der Waals surface area contributed by atoms with E-state index in [1.54, 1.807) is 0 Å². The van der Waals surface area contributed by atoms with Crippen LogP contribution in [0.5, 0.6) is 0 Å². The minimum absolute atomic E-state index is 0.0722. The summed E-state index contributed by atoms with van der Waals surface area (Å²) < 4.78 is 11.9. The Morgan fingerprint density at radius 2 is 2.00 bits per heavy atom. The molecule has 0 saturated heterocycles. The average Bonchev–Trinajstić information content (AvgIpc) is 1.82. The topological polar surface area (TPSA) is 43.1 Å². The molecule has 0 saturated carbocycles. The number of allylic oxidation sites excluding steroid dienone is 4. The Balaban J connectivity index is 4.19. The molecule has 0 bridgehead atoms. The number of halogens is 1. The molecule has 0 aromatic rings. The van der Waals surface area contributed by atoms with Gasteiger partial charge in [-0.25, -0.2) is 4.39 Å². The second kappa shape index (κ2) is 3.76. The molecule has 10 heavy (non-hydrogen) atoms. The van der Waals surface area contributed by atoms with Crippen LogP contribution in [-0.2, 0) is 0 Å². The maximum Gasteiger partial charge on any atom is 0.243 e. The summed E-state index contributed by atoms with van der Waals surface area (Å²) >= 11 is 0. The van der Waals surface area contributed by atoms with E-state index in [4.69, 9.17) is 0 Å². The summed E-state index contributed by atoms with van der Waals surface area (Å²) in [6.07, 6.45) is 2.17. The SMILES string of the molecule is C/C(F)=C\C=C(/C)[N+](=O)[O-]. The van der Waals surface area contributed by atoms with Gasteiger partial charge in [0, 0.05) is 13.0 Å². The van der Waals surface area contributed by atoms with Gasteiger partial charge in [-0.3, -0.25) is 10.1 Å². The minimum atomic E-state index is -0.570. The predicted octanol–water partition coefficient (Wildman–Crippen LogP) is 2.04. The highest BCUT2D eigenvalue weighted by atomic mass is 19.1. The van der Waals surface area contributed by atoms with E-state index in [0.717, 1.165) is 12.2 Å². The van der Waals surface area contributed by atoms with Crippen molar-refractivity contribution >= 4 is 0 Å². The van der Waals surface area contributed by atoms with Crippen LogP contribution >= 0.6 is 0 Å². The lowest BCUT2D eigenvalue weighted by Gasteiger charge is -1.84. The molecule has 0 spiro atoms. The molecule has 0 radical (unpaired) electrons. The number of hydrogen-bond donors (Lipinski definition) is 0. The van der Waals surface area contributed by atoms with Crippen molar-refractivity contribution in [2.45, 2.75) is 13.8 Å². The highest BCUT2D eigenvalue weighted by Gasteiger charge is 1.97. The third kappa shape index (κ3) is 3.77. The van der Waals surface area contributed by atoms with E-state index in [2.05, 4.69) is 0 Å². The summed E-state index contributed by atoms with van der Waals surface area (Å²) in [5.74, 6) is -0.443. The van der Waals surface area contributed by atoms with Gasteiger partial charge in [0.15, 0.2) is 0 Å². The summed E-state index contributed by atoms with van der Waals surface area (Å²) in [5.41, 5.74) is -0.0722. The van der Waals surface area contributed by atoms with E-state index >= 15 is 0 Å². The molecular formula is C6H8FNO2. The molecule has 3 nitrogen and oxygen atoms in total. The van der Waals surface area contributed by atoms with Gasteiger partial charge in [-0.15, -0.1) is 0 Å². The van der Waals surface area contributed by atoms with Crippen molar-refractivity contribution in [3.63, 3.8) is 0 Å². The molecule has 0 aliphatic rings. The number of nitro groups is 1. The zero-order valence-electron chi connectivity index (χ0n) is 5.80. The summed E-state index contributed by atoms with van der Waals surface area (Å²) in [4.78, 5) is 9.33. The lowest BCUT2D eigenvalue weighted by atomic mass is 10.4. The number of nitrogens with zero attached hydrogens (tertiary/aromatic N) is 1. The molecule has 0 aliphatic carbocycles. The van der Waals surface area contributed by atoms with Crippen LogP contribution in [0.15, 0.2) is 23.7 Å². The Labute approximate surface area is 58.0 Å². The maximum atomic E-state index is 11.9. The first-order valence-corrected chi connectivity index (χ1v) is 2.69. The fourth-order valence-corrected chi connectivity index (χ4v) is 0.296. The van der Waals surface area contributed by atoms with Crippen molar-refractivity contribution in [3.8, 4) is 0 Å². The summed E-state index contributed by atoms with van der Waals surface area (Å²) in [6.45, 7) is 2.53. The van der Waals surface area contributed by atoms with Crippen LogP contribution in [0.4, 0.5) is 4.39 Å². The second-order valence-corrected chi connectivity index (χ2v) is 1.82. The molecule has 0 rings (SSSR count). The molecule has 0 aromatic carbocycles. The minimum Gasteiger partial charge on any atom is -0.259 e. The van der Waals surface area contributed by atoms with Crippen LogP contribution in [0.2, 0.25) is 0 Å². The van der Waals surface area contributed by atoms with E-state index < -0.39 is 10.8 Å². The molecule has 0 unspecified atom stereocenters. The van der Waals surface area contributed by atoms with Gasteiger partial charge >= 0.3 is 0 Å². The Kier molecular flexibility index (Phi) is 3.32. The third-order valence-corrected chi connectivity index (χ3v) is 0.842. The van der Waals surface area contributed by atoms with E-state index in [-0.39, 0.29) is 5.70 Å². The predicted molar refractivity (Wildman–Crippen MR) is 35.6 cm³/mol. The fourth-order valence-electron chi connectivity index (χ4n) is 0.296. The molecule has 0 heterocycles. The van der Waals surface area contributed by atoms with Crippen molar-refractivity contribution in [1.82, 2.24) is 0 Å².